The highest BCUT2D eigenvalue weighted by Crippen LogP contribution is 2.28. The van der Waals surface area contributed by atoms with Crippen molar-refractivity contribution in [2.75, 3.05) is 0 Å². The molecule has 4 heteroatoms. The van der Waals surface area contributed by atoms with Crippen LogP contribution in [-0.2, 0) is 12.0 Å². The second-order valence-corrected chi connectivity index (χ2v) is 4.70. The third kappa shape index (κ3) is 3.15. The van der Waals surface area contributed by atoms with Crippen LogP contribution in [0, 0.1) is 17.5 Å². The predicted molar refractivity (Wildman–Crippen MR) is 66.0 cm³/mol. The zero-order chi connectivity index (χ0) is 14.0. The van der Waals surface area contributed by atoms with Gasteiger partial charge in [0.05, 0.1) is 5.60 Å². The molecular weight excluding hydrogens is 253 g/mol. The first-order valence-electron chi connectivity index (χ1n) is 5.81. The minimum atomic E-state index is -1.54. The van der Waals surface area contributed by atoms with Crippen LogP contribution in [0.2, 0.25) is 0 Å². The first-order chi connectivity index (χ1) is 8.88. The summed E-state index contributed by atoms with van der Waals surface area (Å²) in [5.74, 6) is -1.95. The molecule has 0 aliphatic rings. The summed E-state index contributed by atoms with van der Waals surface area (Å²) in [4.78, 5) is 0. The second-order valence-electron chi connectivity index (χ2n) is 4.70. The van der Waals surface area contributed by atoms with Gasteiger partial charge in [0.25, 0.3) is 0 Å². The van der Waals surface area contributed by atoms with Gasteiger partial charge in [0.1, 0.15) is 17.5 Å². The molecule has 1 nitrogen and oxygen atoms in total. The van der Waals surface area contributed by atoms with E-state index < -0.39 is 23.1 Å². The molecule has 100 valence electrons. The molecule has 0 fully saturated rings. The summed E-state index contributed by atoms with van der Waals surface area (Å²) in [6, 6.07) is 8.71. The fourth-order valence-electron chi connectivity index (χ4n) is 2.07. The average molecular weight is 266 g/mol. The van der Waals surface area contributed by atoms with Crippen LogP contribution in [0.3, 0.4) is 0 Å². The monoisotopic (exact) mass is 266 g/mol. The lowest BCUT2D eigenvalue weighted by Gasteiger charge is -2.24. The number of benzene rings is 2. The number of hydrogen-bond acceptors (Lipinski definition) is 1. The minimum Gasteiger partial charge on any atom is -0.385 e. The Labute approximate surface area is 109 Å². The molecule has 1 atom stereocenters. The van der Waals surface area contributed by atoms with Gasteiger partial charge in [0.2, 0.25) is 0 Å². The van der Waals surface area contributed by atoms with Gasteiger partial charge in [0.15, 0.2) is 0 Å². The summed E-state index contributed by atoms with van der Waals surface area (Å²) in [7, 11) is 0. The van der Waals surface area contributed by atoms with Crippen LogP contribution in [-0.4, -0.2) is 5.11 Å². The highest BCUT2D eigenvalue weighted by molar-refractivity contribution is 5.28. The molecular formula is C15H13F3O. The first kappa shape index (κ1) is 13.6. The van der Waals surface area contributed by atoms with Gasteiger partial charge in [-0.1, -0.05) is 18.2 Å². The molecule has 1 N–H and O–H groups in total. The largest absolute Gasteiger partial charge is 0.385 e. The van der Waals surface area contributed by atoms with Gasteiger partial charge >= 0.3 is 0 Å². The molecule has 2 aromatic rings. The van der Waals surface area contributed by atoms with E-state index in [1.807, 2.05) is 0 Å². The first-order valence-corrected chi connectivity index (χ1v) is 5.81. The molecule has 0 aliphatic heterocycles. The molecule has 0 aliphatic carbocycles. The van der Waals surface area contributed by atoms with E-state index in [9.17, 15) is 18.3 Å². The quantitative estimate of drug-likeness (QED) is 0.900. The van der Waals surface area contributed by atoms with Crippen LogP contribution < -0.4 is 0 Å². The molecule has 0 saturated carbocycles. The van der Waals surface area contributed by atoms with Crippen molar-refractivity contribution >= 4 is 0 Å². The Bertz CT molecular complexity index is 594. The van der Waals surface area contributed by atoms with Gasteiger partial charge < -0.3 is 5.11 Å². The Hall–Kier alpha value is -1.81. The van der Waals surface area contributed by atoms with Gasteiger partial charge in [0, 0.05) is 18.1 Å². The maximum Gasteiger partial charge on any atom is 0.132 e. The maximum atomic E-state index is 13.7. The molecule has 0 aromatic heterocycles. The van der Waals surface area contributed by atoms with E-state index in [0.29, 0.717) is 5.56 Å². The summed E-state index contributed by atoms with van der Waals surface area (Å²) < 4.78 is 39.6. The van der Waals surface area contributed by atoms with Crippen molar-refractivity contribution in [3.05, 3.63) is 71.0 Å². The van der Waals surface area contributed by atoms with E-state index in [1.54, 1.807) is 6.07 Å². The smallest absolute Gasteiger partial charge is 0.132 e. The minimum absolute atomic E-state index is 0.0156. The molecule has 2 aromatic carbocycles. The van der Waals surface area contributed by atoms with Gasteiger partial charge in [-0.3, -0.25) is 0 Å². The fraction of sp³-hybridized carbons (Fsp3) is 0.200. The van der Waals surface area contributed by atoms with Crippen LogP contribution in [0.5, 0.6) is 0 Å². The van der Waals surface area contributed by atoms with Crippen LogP contribution in [0.15, 0.2) is 42.5 Å². The summed E-state index contributed by atoms with van der Waals surface area (Å²) in [5.41, 5.74) is -1.02. The molecule has 0 amide bonds. The third-order valence-electron chi connectivity index (χ3n) is 2.95. The maximum absolute atomic E-state index is 13.7. The van der Waals surface area contributed by atoms with Crippen LogP contribution >= 0.6 is 0 Å². The van der Waals surface area contributed by atoms with Crippen molar-refractivity contribution in [3.8, 4) is 0 Å². The van der Waals surface area contributed by atoms with Gasteiger partial charge in [-0.25, -0.2) is 13.2 Å². The van der Waals surface area contributed by atoms with Crippen LogP contribution in [0.4, 0.5) is 13.2 Å². The van der Waals surface area contributed by atoms with E-state index in [-0.39, 0.29) is 12.0 Å². The van der Waals surface area contributed by atoms with E-state index in [4.69, 9.17) is 0 Å². The molecule has 0 heterocycles. The Morgan fingerprint density at radius 1 is 1.00 bits per heavy atom. The number of hydrogen-bond donors (Lipinski definition) is 1. The van der Waals surface area contributed by atoms with Crippen molar-refractivity contribution in [1.82, 2.24) is 0 Å². The molecule has 0 spiro atoms. The summed E-state index contributed by atoms with van der Waals surface area (Å²) in [5, 5.41) is 10.3. The van der Waals surface area contributed by atoms with Crippen molar-refractivity contribution < 1.29 is 18.3 Å². The second kappa shape index (κ2) is 5.05. The molecule has 1 unspecified atom stereocenters. The summed E-state index contributed by atoms with van der Waals surface area (Å²) in [6.07, 6.45) is 0.0350. The lowest BCUT2D eigenvalue weighted by molar-refractivity contribution is 0.0536. The van der Waals surface area contributed by atoms with Gasteiger partial charge in [-0.2, -0.15) is 0 Å². The van der Waals surface area contributed by atoms with Crippen molar-refractivity contribution in [2.45, 2.75) is 18.9 Å². The summed E-state index contributed by atoms with van der Waals surface area (Å²) >= 11 is 0. The van der Waals surface area contributed by atoms with Crippen molar-refractivity contribution in [3.63, 3.8) is 0 Å². The topological polar surface area (TPSA) is 20.2 Å². The number of aliphatic hydroxyl groups is 1. The van der Waals surface area contributed by atoms with Gasteiger partial charge in [-0.05, 0) is 30.7 Å². The van der Waals surface area contributed by atoms with Gasteiger partial charge in [-0.15, -0.1) is 0 Å². The standard InChI is InChI=1S/C15H13F3O/c1-15(19,9-10-3-2-4-11(16)7-10)13-6-5-12(17)8-14(13)18/h2-8,19H,9H2,1H3. The zero-order valence-electron chi connectivity index (χ0n) is 10.3. The molecule has 19 heavy (non-hydrogen) atoms. The normalized spacial score (nSPS) is 14.2. The van der Waals surface area contributed by atoms with Crippen molar-refractivity contribution in [1.29, 1.82) is 0 Å². The molecule has 0 bridgehead atoms. The van der Waals surface area contributed by atoms with Crippen molar-refractivity contribution in [2.24, 2.45) is 0 Å². The van der Waals surface area contributed by atoms with Crippen LogP contribution in [0.1, 0.15) is 18.1 Å². The number of halogens is 3. The molecule has 0 saturated heterocycles. The lowest BCUT2D eigenvalue weighted by atomic mass is 9.88. The van der Waals surface area contributed by atoms with E-state index >= 15 is 0 Å². The predicted octanol–water partition coefficient (Wildman–Crippen LogP) is 3.55. The average Bonchev–Trinajstić information content (AvgIpc) is 2.27. The highest BCUT2D eigenvalue weighted by atomic mass is 19.1. The zero-order valence-corrected chi connectivity index (χ0v) is 10.3. The number of rotatable bonds is 3. The third-order valence-corrected chi connectivity index (χ3v) is 2.95. The Balaban J connectivity index is 2.31. The molecule has 2 rings (SSSR count). The highest BCUT2D eigenvalue weighted by Gasteiger charge is 2.27. The van der Waals surface area contributed by atoms with E-state index in [0.717, 1.165) is 12.1 Å². The Morgan fingerprint density at radius 2 is 1.68 bits per heavy atom. The van der Waals surface area contributed by atoms with Crippen LogP contribution in [0.25, 0.3) is 0 Å². The summed E-state index contributed by atoms with van der Waals surface area (Å²) in [6.45, 7) is 1.41. The van der Waals surface area contributed by atoms with E-state index in [1.165, 1.54) is 31.2 Å². The Kier molecular flexibility index (Phi) is 3.62. The van der Waals surface area contributed by atoms with E-state index in [2.05, 4.69) is 0 Å². The molecule has 0 radical (unpaired) electrons. The SMILES string of the molecule is CC(O)(Cc1cccc(F)c1)c1ccc(F)cc1F. The lowest BCUT2D eigenvalue weighted by Crippen LogP contribution is -2.25. The fourth-order valence-corrected chi connectivity index (χ4v) is 2.07. The Morgan fingerprint density at radius 3 is 2.32 bits per heavy atom.